The number of benzene rings is 1. The molecule has 2 heteroatoms. The number of nitrogens with zero attached hydrogens (tertiary/aromatic N) is 2. The van der Waals surface area contributed by atoms with Gasteiger partial charge in [0.2, 0.25) is 0 Å². The van der Waals surface area contributed by atoms with Gasteiger partial charge in [-0.2, -0.15) is 5.26 Å². The van der Waals surface area contributed by atoms with Gasteiger partial charge in [-0.1, -0.05) is 18.2 Å². The Morgan fingerprint density at radius 2 is 1.93 bits per heavy atom. The monoisotopic (exact) mass is 200 g/mol. The molecule has 15 heavy (non-hydrogen) atoms. The van der Waals surface area contributed by atoms with Crippen LogP contribution in [0.2, 0.25) is 0 Å². The minimum absolute atomic E-state index is 0.269. The summed E-state index contributed by atoms with van der Waals surface area (Å²) < 4.78 is 0. The van der Waals surface area contributed by atoms with E-state index in [4.69, 9.17) is 5.26 Å². The first-order valence-electron chi connectivity index (χ1n) is 5.51. The maximum absolute atomic E-state index is 8.83. The minimum atomic E-state index is 0.269. The fourth-order valence-electron chi connectivity index (χ4n) is 2.17. The van der Waals surface area contributed by atoms with E-state index in [9.17, 15) is 0 Å². The molecule has 1 heterocycles. The number of hydrogen-bond acceptors (Lipinski definition) is 2. The first kappa shape index (κ1) is 10.0. The predicted octanol–water partition coefficient (Wildman–Crippen LogP) is 2.74. The second kappa shape index (κ2) is 4.35. The number of piperidine rings is 1. The quantitative estimate of drug-likeness (QED) is 0.697. The zero-order chi connectivity index (χ0) is 10.7. The lowest BCUT2D eigenvalue weighted by molar-refractivity contribution is 0.487. The predicted molar refractivity (Wildman–Crippen MR) is 61.7 cm³/mol. The average molecular weight is 200 g/mol. The second-order valence-electron chi connectivity index (χ2n) is 4.18. The smallest absolute Gasteiger partial charge is 0.0657 e. The zero-order valence-corrected chi connectivity index (χ0v) is 9.11. The maximum atomic E-state index is 8.83. The van der Waals surface area contributed by atoms with Gasteiger partial charge in [0.25, 0.3) is 0 Å². The van der Waals surface area contributed by atoms with Crippen molar-refractivity contribution in [1.82, 2.24) is 0 Å². The average Bonchev–Trinajstić information content (AvgIpc) is 2.30. The van der Waals surface area contributed by atoms with Gasteiger partial charge in [-0.25, -0.2) is 0 Å². The molecule has 0 N–H and O–H groups in total. The molecule has 0 amide bonds. The molecule has 1 aliphatic rings. The summed E-state index contributed by atoms with van der Waals surface area (Å²) in [4.78, 5) is 2.39. The van der Waals surface area contributed by atoms with Gasteiger partial charge in [-0.3, -0.25) is 0 Å². The van der Waals surface area contributed by atoms with Crippen LogP contribution in [0.1, 0.15) is 18.4 Å². The maximum Gasteiger partial charge on any atom is 0.0657 e. The molecule has 1 aromatic rings. The molecule has 0 aliphatic carbocycles. The van der Waals surface area contributed by atoms with Crippen molar-refractivity contribution in [2.45, 2.75) is 19.8 Å². The molecule has 1 saturated heterocycles. The molecule has 1 aliphatic heterocycles. The SMILES string of the molecule is Cc1ccccc1N1CCC(C#N)CC1. The van der Waals surface area contributed by atoms with E-state index in [1.165, 1.54) is 11.3 Å². The Bertz CT molecular complexity index is 370. The normalized spacial score (nSPS) is 17.5. The number of rotatable bonds is 1. The van der Waals surface area contributed by atoms with Crippen LogP contribution in [-0.2, 0) is 0 Å². The van der Waals surface area contributed by atoms with Crippen LogP contribution >= 0.6 is 0 Å². The molecule has 0 radical (unpaired) electrons. The highest BCUT2D eigenvalue weighted by atomic mass is 15.1. The lowest BCUT2D eigenvalue weighted by Crippen LogP contribution is -2.33. The van der Waals surface area contributed by atoms with E-state index in [0.29, 0.717) is 0 Å². The minimum Gasteiger partial charge on any atom is -0.371 e. The summed E-state index contributed by atoms with van der Waals surface area (Å²) in [6, 6.07) is 10.8. The van der Waals surface area contributed by atoms with E-state index >= 15 is 0 Å². The number of para-hydroxylation sites is 1. The highest BCUT2D eigenvalue weighted by molar-refractivity contribution is 5.53. The summed E-state index contributed by atoms with van der Waals surface area (Å²) >= 11 is 0. The highest BCUT2D eigenvalue weighted by Crippen LogP contribution is 2.25. The summed E-state index contributed by atoms with van der Waals surface area (Å²) in [5, 5.41) is 8.83. The van der Waals surface area contributed by atoms with Gasteiger partial charge in [0.1, 0.15) is 0 Å². The van der Waals surface area contributed by atoms with Gasteiger partial charge in [0.05, 0.1) is 6.07 Å². The van der Waals surface area contributed by atoms with Crippen molar-refractivity contribution in [3.05, 3.63) is 29.8 Å². The molecule has 1 fully saturated rings. The van der Waals surface area contributed by atoms with E-state index in [1.807, 2.05) is 0 Å². The molecule has 0 bridgehead atoms. The van der Waals surface area contributed by atoms with Crippen LogP contribution in [0.25, 0.3) is 0 Å². The van der Waals surface area contributed by atoms with Crippen LogP contribution < -0.4 is 4.90 Å². The van der Waals surface area contributed by atoms with Crippen molar-refractivity contribution in [2.24, 2.45) is 5.92 Å². The van der Waals surface area contributed by atoms with E-state index in [1.54, 1.807) is 0 Å². The molecule has 0 unspecified atom stereocenters. The Kier molecular flexibility index (Phi) is 2.91. The Hall–Kier alpha value is -1.49. The van der Waals surface area contributed by atoms with Crippen molar-refractivity contribution in [3.8, 4) is 6.07 Å². The summed E-state index contributed by atoms with van der Waals surface area (Å²) in [7, 11) is 0. The molecule has 0 spiro atoms. The lowest BCUT2D eigenvalue weighted by atomic mass is 9.97. The largest absolute Gasteiger partial charge is 0.371 e. The summed E-state index contributed by atoms with van der Waals surface area (Å²) in [6.07, 6.45) is 2.01. The van der Waals surface area contributed by atoms with Gasteiger partial charge in [-0.15, -0.1) is 0 Å². The molecule has 2 nitrogen and oxygen atoms in total. The molecule has 0 saturated carbocycles. The second-order valence-corrected chi connectivity index (χ2v) is 4.18. The first-order chi connectivity index (χ1) is 7.31. The van der Waals surface area contributed by atoms with Gasteiger partial charge in [0.15, 0.2) is 0 Å². The molecule has 1 aromatic carbocycles. The van der Waals surface area contributed by atoms with E-state index in [2.05, 4.69) is 42.2 Å². The van der Waals surface area contributed by atoms with E-state index in [-0.39, 0.29) is 5.92 Å². The van der Waals surface area contributed by atoms with Crippen LogP contribution in [0.4, 0.5) is 5.69 Å². The third kappa shape index (κ3) is 2.12. The molecule has 2 rings (SSSR count). The Balaban J connectivity index is 2.08. The van der Waals surface area contributed by atoms with Crippen molar-refractivity contribution in [2.75, 3.05) is 18.0 Å². The van der Waals surface area contributed by atoms with E-state index in [0.717, 1.165) is 25.9 Å². The Morgan fingerprint density at radius 3 is 2.53 bits per heavy atom. The molecule has 0 atom stereocenters. The van der Waals surface area contributed by atoms with Gasteiger partial charge < -0.3 is 4.90 Å². The number of anilines is 1. The summed E-state index contributed by atoms with van der Waals surface area (Å²) in [5.74, 6) is 0.269. The molecule has 78 valence electrons. The third-order valence-corrected chi connectivity index (χ3v) is 3.13. The zero-order valence-electron chi connectivity index (χ0n) is 9.11. The fraction of sp³-hybridized carbons (Fsp3) is 0.462. The Morgan fingerprint density at radius 1 is 1.27 bits per heavy atom. The lowest BCUT2D eigenvalue weighted by Gasteiger charge is -2.32. The van der Waals surface area contributed by atoms with Crippen LogP contribution in [0.15, 0.2) is 24.3 Å². The van der Waals surface area contributed by atoms with Crippen molar-refractivity contribution < 1.29 is 0 Å². The van der Waals surface area contributed by atoms with Crippen molar-refractivity contribution >= 4 is 5.69 Å². The molecular formula is C13H16N2. The van der Waals surface area contributed by atoms with Gasteiger partial charge >= 0.3 is 0 Å². The van der Waals surface area contributed by atoms with Crippen LogP contribution in [0, 0.1) is 24.2 Å². The van der Waals surface area contributed by atoms with Crippen molar-refractivity contribution in [1.29, 1.82) is 5.26 Å². The summed E-state index contributed by atoms with van der Waals surface area (Å²) in [5.41, 5.74) is 2.65. The van der Waals surface area contributed by atoms with Gasteiger partial charge in [-0.05, 0) is 31.4 Å². The number of hydrogen-bond donors (Lipinski definition) is 0. The third-order valence-electron chi connectivity index (χ3n) is 3.13. The highest BCUT2D eigenvalue weighted by Gasteiger charge is 2.19. The summed E-state index contributed by atoms with van der Waals surface area (Å²) in [6.45, 7) is 4.18. The number of nitriles is 1. The van der Waals surface area contributed by atoms with E-state index < -0.39 is 0 Å². The number of aryl methyl sites for hydroxylation is 1. The topological polar surface area (TPSA) is 27.0 Å². The van der Waals surface area contributed by atoms with Crippen molar-refractivity contribution in [3.63, 3.8) is 0 Å². The first-order valence-corrected chi connectivity index (χ1v) is 5.51. The van der Waals surface area contributed by atoms with Crippen LogP contribution in [0.5, 0.6) is 0 Å². The fourth-order valence-corrected chi connectivity index (χ4v) is 2.17. The molecule has 0 aromatic heterocycles. The van der Waals surface area contributed by atoms with Gasteiger partial charge in [0, 0.05) is 24.7 Å². The van der Waals surface area contributed by atoms with Crippen LogP contribution in [-0.4, -0.2) is 13.1 Å². The Labute approximate surface area is 91.1 Å². The molecular weight excluding hydrogens is 184 g/mol. The standard InChI is InChI=1S/C13H16N2/c1-11-4-2-3-5-13(11)15-8-6-12(10-14)7-9-15/h2-5,12H,6-9H2,1H3. The van der Waals surface area contributed by atoms with Crippen LogP contribution in [0.3, 0.4) is 0 Å².